The molecule has 1 aliphatic carbocycles. The van der Waals surface area contributed by atoms with Crippen LogP contribution in [0.2, 0.25) is 0 Å². The number of aryl methyl sites for hydroxylation is 1. The van der Waals surface area contributed by atoms with Gasteiger partial charge in [0, 0.05) is 23.7 Å². The van der Waals surface area contributed by atoms with Crippen molar-refractivity contribution in [2.75, 3.05) is 0 Å². The van der Waals surface area contributed by atoms with Crippen molar-refractivity contribution in [2.45, 2.75) is 57.3 Å². The van der Waals surface area contributed by atoms with Crippen molar-refractivity contribution in [2.24, 2.45) is 0 Å². The van der Waals surface area contributed by atoms with Crippen LogP contribution in [-0.2, 0) is 16.1 Å². The van der Waals surface area contributed by atoms with Gasteiger partial charge in [-0.1, -0.05) is 24.6 Å². The number of fused-ring (bicyclic) bond motifs is 1. The van der Waals surface area contributed by atoms with Gasteiger partial charge in [0.05, 0.1) is 11.0 Å². The maximum absolute atomic E-state index is 12.5. The third-order valence-electron chi connectivity index (χ3n) is 5.65. The van der Waals surface area contributed by atoms with Crippen LogP contribution in [0.25, 0.3) is 11.0 Å². The summed E-state index contributed by atoms with van der Waals surface area (Å²) in [6, 6.07) is 13.2. The molecule has 1 amide bonds. The van der Waals surface area contributed by atoms with E-state index in [0.717, 1.165) is 48.2 Å². The lowest BCUT2D eigenvalue weighted by atomic mass is 9.85. The highest BCUT2D eigenvalue weighted by Crippen LogP contribution is 2.32. The Kier molecular flexibility index (Phi) is 7.75. The Labute approximate surface area is 192 Å². The lowest BCUT2D eigenvalue weighted by molar-refractivity contribution is -0.192. The average molecular weight is 478 g/mol. The maximum atomic E-state index is 12.5. The number of H-pyrrole nitrogens is 1. The number of carbonyl (C=O) groups is 2. The first kappa shape index (κ1) is 25.0. The fourth-order valence-electron chi connectivity index (χ4n) is 3.98. The summed E-state index contributed by atoms with van der Waals surface area (Å²) in [5.41, 5.74) is 2.69. The van der Waals surface area contributed by atoms with E-state index in [1.54, 1.807) is 6.07 Å². The van der Waals surface area contributed by atoms with Gasteiger partial charge in [-0.05, 0) is 44.4 Å². The standard InChI is InChI=1S/C21H24N4O2.C2HF3O2/c1-14-6-4-11-20(27)25(14)13-19(26)22-16-8-5-7-15(12-16)21-23-17-9-2-3-10-18(17)24-21;3-2(4,5)1(6)7/h2-4,6,9-11,15-16H,5,7-8,12-13H2,1H3,(H,22,26)(H,23,24);(H,6,7). The molecule has 0 saturated heterocycles. The molecule has 0 aliphatic heterocycles. The second-order valence-corrected chi connectivity index (χ2v) is 8.16. The van der Waals surface area contributed by atoms with Gasteiger partial charge in [0.1, 0.15) is 12.4 Å². The zero-order chi connectivity index (χ0) is 24.9. The molecule has 8 nitrogen and oxygen atoms in total. The lowest BCUT2D eigenvalue weighted by Gasteiger charge is -2.28. The molecule has 1 aliphatic rings. The van der Waals surface area contributed by atoms with Crippen LogP contribution in [-0.4, -0.2) is 43.7 Å². The third kappa shape index (κ3) is 6.46. The molecule has 34 heavy (non-hydrogen) atoms. The number of benzene rings is 1. The van der Waals surface area contributed by atoms with Gasteiger partial charge >= 0.3 is 12.1 Å². The Morgan fingerprint density at radius 2 is 1.88 bits per heavy atom. The van der Waals surface area contributed by atoms with E-state index in [-0.39, 0.29) is 24.1 Å². The highest BCUT2D eigenvalue weighted by molar-refractivity contribution is 5.76. The fourth-order valence-corrected chi connectivity index (χ4v) is 3.98. The summed E-state index contributed by atoms with van der Waals surface area (Å²) in [7, 11) is 0. The van der Waals surface area contributed by atoms with Crippen LogP contribution in [0.1, 0.15) is 43.1 Å². The van der Waals surface area contributed by atoms with Crippen molar-refractivity contribution in [3.63, 3.8) is 0 Å². The normalized spacial score (nSPS) is 18.1. The highest BCUT2D eigenvalue weighted by atomic mass is 19.4. The SMILES string of the molecule is Cc1cccc(=O)n1CC(=O)NC1CCCC(c2nc3ccccc3[nH]2)C1.O=C(O)C(F)(F)F. The Morgan fingerprint density at radius 3 is 2.53 bits per heavy atom. The number of rotatable bonds is 4. The molecule has 1 fully saturated rings. The van der Waals surface area contributed by atoms with Gasteiger partial charge in [-0.15, -0.1) is 0 Å². The molecule has 2 aromatic heterocycles. The number of carboxylic acids is 1. The molecule has 4 rings (SSSR count). The van der Waals surface area contributed by atoms with E-state index in [1.807, 2.05) is 37.3 Å². The molecule has 0 spiro atoms. The van der Waals surface area contributed by atoms with Crippen molar-refractivity contribution in [1.82, 2.24) is 19.9 Å². The van der Waals surface area contributed by atoms with Crippen LogP contribution in [0.15, 0.2) is 47.3 Å². The predicted octanol–water partition coefficient (Wildman–Crippen LogP) is 3.51. The molecule has 1 aromatic carbocycles. The molecule has 0 radical (unpaired) electrons. The number of hydrogen-bond acceptors (Lipinski definition) is 4. The van der Waals surface area contributed by atoms with E-state index < -0.39 is 12.1 Å². The summed E-state index contributed by atoms with van der Waals surface area (Å²) in [5, 5.41) is 10.2. The summed E-state index contributed by atoms with van der Waals surface area (Å²) in [6.07, 6.45) is -1.13. The number of para-hydroxylation sites is 2. The largest absolute Gasteiger partial charge is 0.490 e. The van der Waals surface area contributed by atoms with Crippen LogP contribution in [0.5, 0.6) is 0 Å². The van der Waals surface area contributed by atoms with Gasteiger partial charge in [0.15, 0.2) is 0 Å². The van der Waals surface area contributed by atoms with Crippen LogP contribution in [0.3, 0.4) is 0 Å². The Balaban J connectivity index is 0.000000406. The summed E-state index contributed by atoms with van der Waals surface area (Å²) >= 11 is 0. The minimum atomic E-state index is -5.08. The number of carboxylic acid groups (broad SMARTS) is 1. The number of nitrogens with one attached hydrogen (secondary N) is 2. The molecular weight excluding hydrogens is 453 g/mol. The van der Waals surface area contributed by atoms with Gasteiger partial charge in [-0.25, -0.2) is 9.78 Å². The number of carbonyl (C=O) groups excluding carboxylic acids is 1. The Bertz CT molecular complexity index is 1190. The number of halogens is 3. The van der Waals surface area contributed by atoms with Crippen LogP contribution >= 0.6 is 0 Å². The smallest absolute Gasteiger partial charge is 0.475 e. The van der Waals surface area contributed by atoms with Crippen molar-refractivity contribution in [1.29, 1.82) is 0 Å². The van der Waals surface area contributed by atoms with Gasteiger partial charge in [0.25, 0.3) is 5.56 Å². The van der Waals surface area contributed by atoms with Gasteiger partial charge in [-0.2, -0.15) is 13.2 Å². The van der Waals surface area contributed by atoms with Crippen molar-refractivity contribution >= 4 is 22.9 Å². The van der Waals surface area contributed by atoms with E-state index in [4.69, 9.17) is 14.9 Å². The second kappa shape index (κ2) is 10.5. The Morgan fingerprint density at radius 1 is 1.18 bits per heavy atom. The van der Waals surface area contributed by atoms with Crippen LogP contribution < -0.4 is 10.9 Å². The molecular formula is C23H25F3N4O4. The number of pyridine rings is 1. The second-order valence-electron chi connectivity index (χ2n) is 8.16. The van der Waals surface area contributed by atoms with E-state index >= 15 is 0 Å². The minimum Gasteiger partial charge on any atom is -0.475 e. The molecule has 0 bridgehead atoms. The van der Waals surface area contributed by atoms with Crippen LogP contribution in [0, 0.1) is 6.92 Å². The van der Waals surface area contributed by atoms with Gasteiger partial charge in [0.2, 0.25) is 5.91 Å². The van der Waals surface area contributed by atoms with Crippen molar-refractivity contribution in [3.05, 3.63) is 64.3 Å². The average Bonchev–Trinajstić information content (AvgIpc) is 3.21. The van der Waals surface area contributed by atoms with Gasteiger partial charge < -0.3 is 20.0 Å². The molecule has 2 heterocycles. The number of aromatic amines is 1. The Hall–Kier alpha value is -3.63. The summed E-state index contributed by atoms with van der Waals surface area (Å²) in [6.45, 7) is 1.91. The van der Waals surface area contributed by atoms with Crippen molar-refractivity contribution < 1.29 is 27.9 Å². The van der Waals surface area contributed by atoms with E-state index in [9.17, 15) is 22.8 Å². The summed E-state index contributed by atoms with van der Waals surface area (Å²) < 4.78 is 33.2. The molecule has 11 heteroatoms. The number of amides is 1. The van der Waals surface area contributed by atoms with Crippen molar-refractivity contribution in [3.8, 4) is 0 Å². The zero-order valence-electron chi connectivity index (χ0n) is 18.4. The highest BCUT2D eigenvalue weighted by Gasteiger charge is 2.38. The monoisotopic (exact) mass is 478 g/mol. The fraction of sp³-hybridized carbons (Fsp3) is 0.391. The van der Waals surface area contributed by atoms with E-state index in [2.05, 4.69) is 10.3 Å². The number of imidazole rings is 1. The topological polar surface area (TPSA) is 117 Å². The number of alkyl halides is 3. The molecule has 2 atom stereocenters. The van der Waals surface area contributed by atoms with Crippen LogP contribution in [0.4, 0.5) is 13.2 Å². The molecule has 3 N–H and O–H groups in total. The maximum Gasteiger partial charge on any atom is 0.490 e. The van der Waals surface area contributed by atoms with E-state index in [1.165, 1.54) is 10.6 Å². The minimum absolute atomic E-state index is 0.0668. The molecule has 2 unspecified atom stereocenters. The van der Waals surface area contributed by atoms with Gasteiger partial charge in [-0.3, -0.25) is 9.59 Å². The lowest BCUT2D eigenvalue weighted by Crippen LogP contribution is -2.41. The number of aliphatic carboxylic acids is 1. The number of aromatic nitrogens is 3. The molecule has 182 valence electrons. The number of hydrogen-bond donors (Lipinski definition) is 3. The number of nitrogens with zero attached hydrogens (tertiary/aromatic N) is 2. The third-order valence-corrected chi connectivity index (χ3v) is 5.65. The molecule has 1 saturated carbocycles. The first-order chi connectivity index (χ1) is 16.0. The quantitative estimate of drug-likeness (QED) is 0.531. The zero-order valence-corrected chi connectivity index (χ0v) is 18.4. The summed E-state index contributed by atoms with van der Waals surface area (Å²) in [4.78, 5) is 41.5. The van der Waals surface area contributed by atoms with E-state index in [0.29, 0.717) is 5.92 Å². The summed E-state index contributed by atoms with van der Waals surface area (Å²) in [5.74, 6) is -1.54. The predicted molar refractivity (Wildman–Crippen MR) is 118 cm³/mol. The first-order valence-electron chi connectivity index (χ1n) is 10.7. The molecule has 3 aromatic rings. The first-order valence-corrected chi connectivity index (χ1v) is 10.7.